The predicted octanol–water partition coefficient (Wildman–Crippen LogP) is 12.0. The van der Waals surface area contributed by atoms with Crippen molar-refractivity contribution in [2.75, 3.05) is 0 Å². The number of rotatable bonds is 5. The molecular formula is C45H27N3O2. The molecule has 0 spiro atoms. The predicted molar refractivity (Wildman–Crippen MR) is 202 cm³/mol. The minimum Gasteiger partial charge on any atom is -0.456 e. The summed E-state index contributed by atoms with van der Waals surface area (Å²) in [4.78, 5) is 15.5. The molecule has 7 aromatic carbocycles. The van der Waals surface area contributed by atoms with Crippen LogP contribution in [0.15, 0.2) is 173 Å². The van der Waals surface area contributed by atoms with Crippen LogP contribution in [0.4, 0.5) is 0 Å². The summed E-state index contributed by atoms with van der Waals surface area (Å²) in [6, 6.07) is 55.7. The van der Waals surface area contributed by atoms with Gasteiger partial charge in [-0.1, -0.05) is 127 Å². The molecule has 0 atom stereocenters. The van der Waals surface area contributed by atoms with Crippen LogP contribution in [0.3, 0.4) is 0 Å². The van der Waals surface area contributed by atoms with Crippen LogP contribution in [0.5, 0.6) is 0 Å². The van der Waals surface area contributed by atoms with Gasteiger partial charge in [0.2, 0.25) is 0 Å². The Kier molecular flexibility index (Phi) is 6.42. The molecule has 0 radical (unpaired) electrons. The highest BCUT2D eigenvalue weighted by molar-refractivity contribution is 6.13. The molecule has 0 aliphatic rings. The van der Waals surface area contributed by atoms with E-state index in [4.69, 9.17) is 23.8 Å². The van der Waals surface area contributed by atoms with Crippen molar-refractivity contribution in [3.63, 3.8) is 0 Å². The average molecular weight is 642 g/mol. The van der Waals surface area contributed by atoms with Crippen molar-refractivity contribution in [3.05, 3.63) is 164 Å². The van der Waals surface area contributed by atoms with Crippen LogP contribution in [0.2, 0.25) is 0 Å². The van der Waals surface area contributed by atoms with E-state index in [9.17, 15) is 0 Å². The molecule has 0 fully saturated rings. The van der Waals surface area contributed by atoms with Crippen LogP contribution in [0, 0.1) is 0 Å². The summed E-state index contributed by atoms with van der Waals surface area (Å²) < 4.78 is 12.5. The van der Waals surface area contributed by atoms with E-state index in [1.165, 1.54) is 0 Å². The molecule has 5 nitrogen and oxygen atoms in total. The molecule has 0 amide bonds. The minimum atomic E-state index is 0.584. The number of hydrogen-bond donors (Lipinski definition) is 0. The first-order valence-electron chi connectivity index (χ1n) is 16.6. The molecule has 50 heavy (non-hydrogen) atoms. The fourth-order valence-corrected chi connectivity index (χ4v) is 7.03. The molecule has 3 heterocycles. The van der Waals surface area contributed by atoms with Crippen LogP contribution in [0.1, 0.15) is 0 Å². The quantitative estimate of drug-likeness (QED) is 0.187. The highest BCUT2D eigenvalue weighted by atomic mass is 16.3. The lowest BCUT2D eigenvalue weighted by atomic mass is 9.97. The summed E-state index contributed by atoms with van der Waals surface area (Å²) in [5.41, 5.74) is 10.4. The average Bonchev–Trinajstić information content (AvgIpc) is 3.77. The van der Waals surface area contributed by atoms with E-state index in [1.807, 2.05) is 60.7 Å². The number of fused-ring (bicyclic) bond motifs is 6. The number of aromatic nitrogens is 3. The van der Waals surface area contributed by atoms with Gasteiger partial charge in [-0.05, 0) is 58.7 Å². The van der Waals surface area contributed by atoms with Crippen LogP contribution in [-0.4, -0.2) is 15.0 Å². The van der Waals surface area contributed by atoms with Crippen molar-refractivity contribution in [1.82, 2.24) is 15.0 Å². The van der Waals surface area contributed by atoms with E-state index >= 15 is 0 Å². The van der Waals surface area contributed by atoms with Gasteiger partial charge in [0.25, 0.3) is 0 Å². The van der Waals surface area contributed by atoms with E-state index in [0.717, 1.165) is 82.8 Å². The summed E-state index contributed by atoms with van der Waals surface area (Å²) >= 11 is 0. The normalized spacial score (nSPS) is 11.6. The first-order valence-corrected chi connectivity index (χ1v) is 16.6. The Hall–Kier alpha value is -6.85. The molecule has 234 valence electrons. The molecule has 3 aromatic heterocycles. The lowest BCUT2D eigenvalue weighted by Gasteiger charge is -2.11. The smallest absolute Gasteiger partial charge is 0.164 e. The summed E-state index contributed by atoms with van der Waals surface area (Å²) in [6.07, 6.45) is 0. The summed E-state index contributed by atoms with van der Waals surface area (Å²) in [5, 5.41) is 4.19. The summed E-state index contributed by atoms with van der Waals surface area (Å²) in [6.45, 7) is 0. The lowest BCUT2D eigenvalue weighted by molar-refractivity contribution is 0.668. The second-order valence-corrected chi connectivity index (χ2v) is 12.4. The summed E-state index contributed by atoms with van der Waals surface area (Å²) in [7, 11) is 0. The number of para-hydroxylation sites is 2. The number of benzene rings is 7. The van der Waals surface area contributed by atoms with Crippen LogP contribution < -0.4 is 0 Å². The molecular weight excluding hydrogens is 615 g/mol. The van der Waals surface area contributed by atoms with Crippen LogP contribution in [0.25, 0.3) is 100 Å². The zero-order valence-corrected chi connectivity index (χ0v) is 26.7. The molecule has 0 unspecified atom stereocenters. The van der Waals surface area contributed by atoms with Crippen molar-refractivity contribution in [3.8, 4) is 56.4 Å². The zero-order chi connectivity index (χ0) is 33.0. The van der Waals surface area contributed by atoms with Crippen molar-refractivity contribution in [1.29, 1.82) is 0 Å². The zero-order valence-electron chi connectivity index (χ0n) is 26.7. The van der Waals surface area contributed by atoms with Crippen molar-refractivity contribution < 1.29 is 8.83 Å². The van der Waals surface area contributed by atoms with E-state index < -0.39 is 0 Å². The molecule has 0 N–H and O–H groups in total. The number of hydrogen-bond acceptors (Lipinski definition) is 5. The molecule has 0 aliphatic carbocycles. The number of furan rings is 2. The molecule has 0 saturated heterocycles. The van der Waals surface area contributed by atoms with Crippen LogP contribution in [-0.2, 0) is 0 Å². The first-order chi connectivity index (χ1) is 24.8. The van der Waals surface area contributed by atoms with Crippen molar-refractivity contribution >= 4 is 43.9 Å². The summed E-state index contributed by atoms with van der Waals surface area (Å²) in [5.74, 6) is 1.77. The van der Waals surface area contributed by atoms with E-state index in [0.29, 0.717) is 17.5 Å². The molecule has 10 rings (SSSR count). The van der Waals surface area contributed by atoms with Gasteiger partial charge < -0.3 is 8.83 Å². The fraction of sp³-hybridized carbons (Fsp3) is 0. The molecule has 10 aromatic rings. The topological polar surface area (TPSA) is 65.0 Å². The second-order valence-electron chi connectivity index (χ2n) is 12.4. The van der Waals surface area contributed by atoms with Gasteiger partial charge >= 0.3 is 0 Å². The Morgan fingerprint density at radius 1 is 0.300 bits per heavy atom. The van der Waals surface area contributed by atoms with Crippen LogP contribution >= 0.6 is 0 Å². The fourth-order valence-electron chi connectivity index (χ4n) is 7.03. The maximum Gasteiger partial charge on any atom is 0.164 e. The van der Waals surface area contributed by atoms with Crippen molar-refractivity contribution in [2.24, 2.45) is 0 Å². The Morgan fingerprint density at radius 3 is 1.40 bits per heavy atom. The van der Waals surface area contributed by atoms with Gasteiger partial charge in [-0.25, -0.2) is 15.0 Å². The van der Waals surface area contributed by atoms with E-state index in [-0.39, 0.29) is 0 Å². The van der Waals surface area contributed by atoms with Gasteiger partial charge in [0.1, 0.15) is 22.3 Å². The standard InChI is InChI=1S/C45H27N3O2/c1-2-12-28(13-3-1)29-14-8-16-31(26-29)43-46-44(48-45(47-43)36-21-11-25-40-42(36)35-19-5-7-23-38(35)50-40)32-17-9-15-30(27-32)33-20-10-24-39-41(33)34-18-4-6-22-37(34)49-39/h1-27H. The van der Waals surface area contributed by atoms with Gasteiger partial charge in [-0.15, -0.1) is 0 Å². The third-order valence-corrected chi connectivity index (χ3v) is 9.34. The number of nitrogens with zero attached hydrogens (tertiary/aromatic N) is 3. The Balaban J connectivity index is 1.19. The first kappa shape index (κ1) is 28.2. The van der Waals surface area contributed by atoms with Gasteiger partial charge in [0.15, 0.2) is 17.5 Å². The van der Waals surface area contributed by atoms with E-state index in [1.54, 1.807) is 0 Å². The largest absolute Gasteiger partial charge is 0.456 e. The third-order valence-electron chi connectivity index (χ3n) is 9.34. The second kappa shape index (κ2) is 11.4. The van der Waals surface area contributed by atoms with Gasteiger partial charge in [0.05, 0.1) is 0 Å². The maximum atomic E-state index is 6.25. The Bertz CT molecular complexity index is 2890. The molecule has 0 saturated carbocycles. The molecule has 0 bridgehead atoms. The SMILES string of the molecule is c1ccc(-c2cccc(-c3nc(-c4cccc(-c5cccc6oc7ccccc7c56)c4)nc(-c4cccc5oc6ccccc6c45)n3)c2)cc1. The Labute approximate surface area is 287 Å². The lowest BCUT2D eigenvalue weighted by Crippen LogP contribution is -2.00. The van der Waals surface area contributed by atoms with Gasteiger partial charge in [-0.2, -0.15) is 0 Å². The third kappa shape index (κ3) is 4.67. The minimum absolute atomic E-state index is 0.584. The highest BCUT2D eigenvalue weighted by Crippen LogP contribution is 2.39. The highest BCUT2D eigenvalue weighted by Gasteiger charge is 2.19. The monoisotopic (exact) mass is 641 g/mol. The maximum absolute atomic E-state index is 6.25. The van der Waals surface area contributed by atoms with Gasteiger partial charge in [-0.3, -0.25) is 0 Å². The van der Waals surface area contributed by atoms with Crippen molar-refractivity contribution in [2.45, 2.75) is 0 Å². The Morgan fingerprint density at radius 2 is 0.740 bits per heavy atom. The molecule has 0 aliphatic heterocycles. The van der Waals surface area contributed by atoms with Gasteiger partial charge in [0, 0.05) is 38.2 Å². The molecule has 5 heteroatoms. The van der Waals surface area contributed by atoms with E-state index in [2.05, 4.69) is 103 Å².